The van der Waals surface area contributed by atoms with Crippen LogP contribution in [0.25, 0.3) is 11.0 Å². The molecule has 0 unspecified atom stereocenters. The van der Waals surface area contributed by atoms with E-state index in [0.717, 1.165) is 23.7 Å². The molecule has 0 aliphatic heterocycles. The number of furan rings is 1. The molecule has 0 spiro atoms. The van der Waals surface area contributed by atoms with Crippen molar-refractivity contribution in [2.45, 2.75) is 38.5 Å². The van der Waals surface area contributed by atoms with E-state index in [-0.39, 0.29) is 0 Å². The van der Waals surface area contributed by atoms with Crippen LogP contribution in [0.5, 0.6) is 0 Å². The predicted molar refractivity (Wildman–Crippen MR) is 66.5 cm³/mol. The van der Waals surface area contributed by atoms with Gasteiger partial charge in [0.1, 0.15) is 11.3 Å². The molecule has 1 fully saturated rings. The number of aryl methyl sites for hydroxylation is 1. The van der Waals surface area contributed by atoms with Gasteiger partial charge < -0.3 is 4.42 Å². The molecule has 16 heavy (non-hydrogen) atoms. The Morgan fingerprint density at radius 3 is 2.75 bits per heavy atom. The van der Waals surface area contributed by atoms with Crippen molar-refractivity contribution in [1.29, 1.82) is 0 Å². The third kappa shape index (κ3) is 1.99. The predicted octanol–water partition coefficient (Wildman–Crippen LogP) is 4.56. The van der Waals surface area contributed by atoms with Crippen LogP contribution in [-0.4, -0.2) is 0 Å². The van der Waals surface area contributed by atoms with Crippen LogP contribution >= 0.6 is 0 Å². The first-order valence-corrected chi connectivity index (χ1v) is 6.39. The Kier molecular flexibility index (Phi) is 2.69. The molecule has 1 aromatic carbocycles. The average molecular weight is 214 g/mol. The fourth-order valence-electron chi connectivity index (χ4n) is 2.81. The van der Waals surface area contributed by atoms with Gasteiger partial charge in [0.25, 0.3) is 0 Å². The fourth-order valence-corrected chi connectivity index (χ4v) is 2.81. The Balaban J connectivity index is 1.69. The SMILES string of the molecule is c1ccc2oc(CCC3CCCC3)cc2c1. The number of rotatable bonds is 3. The molecule has 2 aromatic rings. The minimum atomic E-state index is 0.952. The highest BCUT2D eigenvalue weighted by Gasteiger charge is 2.15. The zero-order chi connectivity index (χ0) is 10.8. The summed E-state index contributed by atoms with van der Waals surface area (Å²) < 4.78 is 5.83. The van der Waals surface area contributed by atoms with Crippen LogP contribution in [0.4, 0.5) is 0 Å². The summed E-state index contributed by atoms with van der Waals surface area (Å²) >= 11 is 0. The summed E-state index contributed by atoms with van der Waals surface area (Å²) in [5.74, 6) is 2.11. The van der Waals surface area contributed by atoms with Crippen LogP contribution < -0.4 is 0 Å². The van der Waals surface area contributed by atoms with Crippen LogP contribution in [0.1, 0.15) is 37.9 Å². The maximum Gasteiger partial charge on any atom is 0.134 e. The van der Waals surface area contributed by atoms with Crippen molar-refractivity contribution < 1.29 is 4.42 Å². The summed E-state index contributed by atoms with van der Waals surface area (Å²) in [7, 11) is 0. The highest BCUT2D eigenvalue weighted by Crippen LogP contribution is 2.29. The van der Waals surface area contributed by atoms with Gasteiger partial charge in [0, 0.05) is 11.8 Å². The molecule has 1 saturated carbocycles. The number of hydrogen-bond acceptors (Lipinski definition) is 1. The maximum atomic E-state index is 5.83. The third-order valence-electron chi connectivity index (χ3n) is 3.75. The van der Waals surface area contributed by atoms with Crippen LogP contribution in [0.3, 0.4) is 0 Å². The number of fused-ring (bicyclic) bond motifs is 1. The van der Waals surface area contributed by atoms with Crippen molar-refractivity contribution in [2.75, 3.05) is 0 Å². The van der Waals surface area contributed by atoms with Crippen molar-refractivity contribution >= 4 is 11.0 Å². The molecular formula is C15H18O. The molecule has 0 amide bonds. The van der Waals surface area contributed by atoms with E-state index in [1.165, 1.54) is 37.5 Å². The molecule has 1 heteroatoms. The van der Waals surface area contributed by atoms with Gasteiger partial charge in [-0.2, -0.15) is 0 Å². The Morgan fingerprint density at radius 2 is 1.94 bits per heavy atom. The summed E-state index contributed by atoms with van der Waals surface area (Å²) in [4.78, 5) is 0. The van der Waals surface area contributed by atoms with Crippen LogP contribution in [0.15, 0.2) is 34.7 Å². The molecule has 1 heterocycles. The minimum Gasteiger partial charge on any atom is -0.461 e. The van der Waals surface area contributed by atoms with Gasteiger partial charge in [-0.25, -0.2) is 0 Å². The molecule has 1 nitrogen and oxygen atoms in total. The van der Waals surface area contributed by atoms with Gasteiger partial charge in [-0.05, 0) is 24.5 Å². The summed E-state index contributed by atoms with van der Waals surface area (Å²) in [6.45, 7) is 0. The summed E-state index contributed by atoms with van der Waals surface area (Å²) in [5, 5.41) is 1.24. The highest BCUT2D eigenvalue weighted by atomic mass is 16.3. The lowest BCUT2D eigenvalue weighted by Crippen LogP contribution is -1.94. The number of benzene rings is 1. The monoisotopic (exact) mass is 214 g/mol. The standard InChI is InChI=1S/C15H18O/c1-2-6-12(5-1)9-10-14-11-13-7-3-4-8-15(13)16-14/h3-4,7-8,11-12H,1-2,5-6,9-10H2. The van der Waals surface area contributed by atoms with Crippen molar-refractivity contribution in [3.8, 4) is 0 Å². The fraction of sp³-hybridized carbons (Fsp3) is 0.467. The van der Waals surface area contributed by atoms with Gasteiger partial charge in [0.2, 0.25) is 0 Å². The topological polar surface area (TPSA) is 13.1 Å². The van der Waals surface area contributed by atoms with Crippen molar-refractivity contribution in [3.05, 3.63) is 36.1 Å². The largest absolute Gasteiger partial charge is 0.461 e. The molecule has 0 radical (unpaired) electrons. The lowest BCUT2D eigenvalue weighted by Gasteiger charge is -2.05. The van der Waals surface area contributed by atoms with Crippen molar-refractivity contribution in [3.63, 3.8) is 0 Å². The molecule has 0 N–H and O–H groups in total. The molecular weight excluding hydrogens is 196 g/mol. The van der Waals surface area contributed by atoms with Crippen LogP contribution in [0, 0.1) is 5.92 Å². The minimum absolute atomic E-state index is 0.952. The van der Waals surface area contributed by atoms with Crippen molar-refractivity contribution in [1.82, 2.24) is 0 Å². The average Bonchev–Trinajstić information content (AvgIpc) is 2.95. The zero-order valence-corrected chi connectivity index (χ0v) is 9.61. The van der Waals surface area contributed by atoms with E-state index in [4.69, 9.17) is 4.42 Å². The quantitative estimate of drug-likeness (QED) is 0.730. The van der Waals surface area contributed by atoms with E-state index in [1.807, 2.05) is 6.07 Å². The van der Waals surface area contributed by atoms with Crippen LogP contribution in [0.2, 0.25) is 0 Å². The maximum absolute atomic E-state index is 5.83. The van der Waals surface area contributed by atoms with Crippen LogP contribution in [-0.2, 0) is 6.42 Å². The second-order valence-electron chi connectivity index (χ2n) is 4.94. The molecule has 1 aliphatic rings. The van der Waals surface area contributed by atoms with E-state index >= 15 is 0 Å². The third-order valence-corrected chi connectivity index (χ3v) is 3.75. The first-order chi connectivity index (χ1) is 7.92. The summed E-state index contributed by atoms with van der Waals surface area (Å²) in [5.41, 5.74) is 1.03. The van der Waals surface area contributed by atoms with Crippen molar-refractivity contribution in [2.24, 2.45) is 5.92 Å². The Morgan fingerprint density at radius 1 is 1.12 bits per heavy atom. The first-order valence-electron chi connectivity index (χ1n) is 6.39. The number of hydrogen-bond donors (Lipinski definition) is 0. The van der Waals surface area contributed by atoms with E-state index in [0.29, 0.717) is 0 Å². The first kappa shape index (κ1) is 9.95. The second kappa shape index (κ2) is 4.32. The second-order valence-corrected chi connectivity index (χ2v) is 4.94. The molecule has 84 valence electrons. The molecule has 3 rings (SSSR count). The molecule has 0 saturated heterocycles. The van der Waals surface area contributed by atoms with Gasteiger partial charge in [0.15, 0.2) is 0 Å². The Labute approximate surface area is 96.5 Å². The van der Waals surface area contributed by atoms with E-state index < -0.39 is 0 Å². The highest BCUT2D eigenvalue weighted by molar-refractivity contribution is 5.77. The zero-order valence-electron chi connectivity index (χ0n) is 9.61. The normalized spacial score (nSPS) is 17.2. The lowest BCUT2D eigenvalue weighted by atomic mass is 10.0. The Hall–Kier alpha value is -1.24. The lowest BCUT2D eigenvalue weighted by molar-refractivity contribution is 0.461. The van der Waals surface area contributed by atoms with E-state index in [2.05, 4.69) is 24.3 Å². The van der Waals surface area contributed by atoms with Gasteiger partial charge in [-0.15, -0.1) is 0 Å². The Bertz CT molecular complexity index is 430. The summed E-state index contributed by atoms with van der Waals surface area (Å²) in [6, 6.07) is 10.5. The van der Waals surface area contributed by atoms with E-state index in [9.17, 15) is 0 Å². The van der Waals surface area contributed by atoms with Gasteiger partial charge in [-0.3, -0.25) is 0 Å². The smallest absolute Gasteiger partial charge is 0.134 e. The van der Waals surface area contributed by atoms with Gasteiger partial charge in [0.05, 0.1) is 0 Å². The van der Waals surface area contributed by atoms with Gasteiger partial charge in [-0.1, -0.05) is 43.9 Å². The molecule has 1 aromatic heterocycles. The van der Waals surface area contributed by atoms with E-state index in [1.54, 1.807) is 0 Å². The molecule has 0 bridgehead atoms. The van der Waals surface area contributed by atoms with Gasteiger partial charge >= 0.3 is 0 Å². The molecule has 0 atom stereocenters. The summed E-state index contributed by atoms with van der Waals surface area (Å²) in [6.07, 6.45) is 8.15. The molecule has 1 aliphatic carbocycles. The number of para-hydroxylation sites is 1.